The summed E-state index contributed by atoms with van der Waals surface area (Å²) in [5.74, 6) is 3.73. The van der Waals surface area contributed by atoms with Gasteiger partial charge in [-0.05, 0) is 19.1 Å². The fourth-order valence-corrected chi connectivity index (χ4v) is 3.17. The predicted octanol–water partition coefficient (Wildman–Crippen LogP) is 2.22. The molecule has 1 aliphatic rings. The molecule has 1 aromatic heterocycles. The molecule has 1 N–H and O–H groups in total. The molecule has 0 atom stereocenters. The van der Waals surface area contributed by atoms with E-state index in [-0.39, 0.29) is 6.03 Å². The summed E-state index contributed by atoms with van der Waals surface area (Å²) < 4.78 is 10.6. The van der Waals surface area contributed by atoms with Crippen molar-refractivity contribution < 1.29 is 14.3 Å². The van der Waals surface area contributed by atoms with Crippen molar-refractivity contribution in [2.75, 3.05) is 69.6 Å². The fourth-order valence-electron chi connectivity index (χ4n) is 3.17. The Bertz CT molecular complexity index is 865. The normalized spacial score (nSPS) is 13.8. The molecule has 2 amide bonds. The van der Waals surface area contributed by atoms with E-state index < -0.39 is 0 Å². The van der Waals surface area contributed by atoms with Gasteiger partial charge in [-0.2, -0.15) is 0 Å². The van der Waals surface area contributed by atoms with Crippen molar-refractivity contribution in [3.63, 3.8) is 0 Å². The first-order chi connectivity index (χ1) is 13.9. The van der Waals surface area contributed by atoms with Crippen molar-refractivity contribution in [2.45, 2.75) is 6.92 Å². The average molecular weight is 400 g/mol. The van der Waals surface area contributed by atoms with Crippen molar-refractivity contribution in [1.29, 1.82) is 0 Å². The molecule has 2 heterocycles. The number of nitrogens with zero attached hydrogens (tertiary/aromatic N) is 5. The van der Waals surface area contributed by atoms with Crippen molar-refractivity contribution in [3.05, 3.63) is 30.1 Å². The number of benzene rings is 1. The third-order valence-electron chi connectivity index (χ3n) is 4.81. The SMILES string of the molecule is COc1ccc(OC)c(NC(=O)N2CCN(c3cc(N(C)C)nc(C)n3)CC2)c1. The molecule has 9 heteroatoms. The van der Waals surface area contributed by atoms with E-state index in [4.69, 9.17) is 9.47 Å². The van der Waals surface area contributed by atoms with Gasteiger partial charge in [0, 0.05) is 52.4 Å². The molecule has 2 aromatic rings. The van der Waals surface area contributed by atoms with E-state index in [9.17, 15) is 4.79 Å². The Balaban J connectivity index is 1.65. The number of aryl methyl sites for hydroxylation is 1. The minimum Gasteiger partial charge on any atom is -0.497 e. The number of rotatable bonds is 5. The lowest BCUT2D eigenvalue weighted by Gasteiger charge is -2.35. The molecule has 156 valence electrons. The summed E-state index contributed by atoms with van der Waals surface area (Å²) in [5.41, 5.74) is 0.585. The van der Waals surface area contributed by atoms with Crippen LogP contribution in [0.4, 0.5) is 22.1 Å². The van der Waals surface area contributed by atoms with Gasteiger partial charge in [0.25, 0.3) is 0 Å². The number of methoxy groups -OCH3 is 2. The maximum absolute atomic E-state index is 12.7. The van der Waals surface area contributed by atoms with Crippen LogP contribution in [0.3, 0.4) is 0 Å². The Hall–Kier alpha value is -3.23. The number of ether oxygens (including phenoxy) is 2. The lowest BCUT2D eigenvalue weighted by molar-refractivity contribution is 0.208. The van der Waals surface area contributed by atoms with Gasteiger partial charge in [0.2, 0.25) is 0 Å². The zero-order valence-electron chi connectivity index (χ0n) is 17.6. The van der Waals surface area contributed by atoms with E-state index in [1.165, 1.54) is 0 Å². The quantitative estimate of drug-likeness (QED) is 0.824. The van der Waals surface area contributed by atoms with Crippen LogP contribution in [-0.4, -0.2) is 75.4 Å². The number of amides is 2. The third kappa shape index (κ3) is 4.79. The summed E-state index contributed by atoms with van der Waals surface area (Å²) in [6, 6.07) is 7.12. The summed E-state index contributed by atoms with van der Waals surface area (Å²) in [6.07, 6.45) is 0. The van der Waals surface area contributed by atoms with E-state index in [1.807, 2.05) is 32.0 Å². The first-order valence-corrected chi connectivity index (χ1v) is 9.47. The summed E-state index contributed by atoms with van der Waals surface area (Å²) in [5, 5.41) is 2.92. The highest BCUT2D eigenvalue weighted by Gasteiger charge is 2.23. The number of aromatic nitrogens is 2. The van der Waals surface area contributed by atoms with Gasteiger partial charge in [0.15, 0.2) is 0 Å². The minimum absolute atomic E-state index is 0.163. The van der Waals surface area contributed by atoms with Gasteiger partial charge in [0.05, 0.1) is 19.9 Å². The zero-order chi connectivity index (χ0) is 21.0. The zero-order valence-corrected chi connectivity index (χ0v) is 17.6. The van der Waals surface area contributed by atoms with Crippen LogP contribution >= 0.6 is 0 Å². The van der Waals surface area contributed by atoms with E-state index in [1.54, 1.807) is 37.3 Å². The smallest absolute Gasteiger partial charge is 0.322 e. The van der Waals surface area contributed by atoms with Crippen LogP contribution in [0.1, 0.15) is 5.82 Å². The number of nitrogens with one attached hydrogen (secondary N) is 1. The lowest BCUT2D eigenvalue weighted by Crippen LogP contribution is -2.50. The number of carbonyl (C=O) groups is 1. The number of anilines is 3. The molecule has 0 bridgehead atoms. The van der Waals surface area contributed by atoms with Crippen LogP contribution in [0.15, 0.2) is 24.3 Å². The van der Waals surface area contributed by atoms with Gasteiger partial charge in [-0.1, -0.05) is 0 Å². The second-order valence-corrected chi connectivity index (χ2v) is 7.00. The van der Waals surface area contributed by atoms with Crippen LogP contribution in [0.5, 0.6) is 11.5 Å². The van der Waals surface area contributed by atoms with Gasteiger partial charge in [0.1, 0.15) is 29.0 Å². The monoisotopic (exact) mass is 400 g/mol. The maximum Gasteiger partial charge on any atom is 0.322 e. The Labute approximate surface area is 171 Å². The highest BCUT2D eigenvalue weighted by molar-refractivity contribution is 5.91. The molecule has 9 nitrogen and oxygen atoms in total. The predicted molar refractivity (Wildman–Crippen MR) is 113 cm³/mol. The number of urea groups is 1. The van der Waals surface area contributed by atoms with Gasteiger partial charge in [-0.25, -0.2) is 14.8 Å². The van der Waals surface area contributed by atoms with Crippen molar-refractivity contribution in [2.24, 2.45) is 0 Å². The molecule has 0 radical (unpaired) electrons. The van der Waals surface area contributed by atoms with Gasteiger partial charge < -0.3 is 29.5 Å². The molecule has 1 aliphatic heterocycles. The second kappa shape index (κ2) is 8.85. The number of piperazine rings is 1. The molecule has 0 spiro atoms. The van der Waals surface area contributed by atoms with Crippen LogP contribution in [0.25, 0.3) is 0 Å². The van der Waals surface area contributed by atoms with Crippen molar-refractivity contribution in [3.8, 4) is 11.5 Å². The topological polar surface area (TPSA) is 83.1 Å². The van der Waals surface area contributed by atoms with E-state index in [0.717, 1.165) is 17.5 Å². The Morgan fingerprint density at radius 2 is 1.79 bits per heavy atom. The van der Waals surface area contributed by atoms with Gasteiger partial charge >= 0.3 is 6.03 Å². The summed E-state index contributed by atoms with van der Waals surface area (Å²) in [7, 11) is 7.08. The molecule has 0 saturated carbocycles. The highest BCUT2D eigenvalue weighted by atomic mass is 16.5. The summed E-state index contributed by atoms with van der Waals surface area (Å²) in [4.78, 5) is 27.7. The second-order valence-electron chi connectivity index (χ2n) is 7.00. The van der Waals surface area contributed by atoms with Crippen LogP contribution in [-0.2, 0) is 0 Å². The van der Waals surface area contributed by atoms with Crippen LogP contribution in [0, 0.1) is 6.92 Å². The average Bonchev–Trinajstić information content (AvgIpc) is 2.73. The molecule has 0 aliphatic carbocycles. The fraction of sp³-hybridized carbons (Fsp3) is 0.450. The lowest BCUT2D eigenvalue weighted by atomic mass is 10.2. The first kappa shape index (κ1) is 20.5. The van der Waals surface area contributed by atoms with Crippen molar-refractivity contribution >= 4 is 23.4 Å². The van der Waals surface area contributed by atoms with Crippen molar-refractivity contribution in [1.82, 2.24) is 14.9 Å². The molecule has 29 heavy (non-hydrogen) atoms. The first-order valence-electron chi connectivity index (χ1n) is 9.47. The number of carbonyl (C=O) groups excluding carboxylic acids is 1. The molecule has 3 rings (SSSR count). The summed E-state index contributed by atoms with van der Waals surface area (Å²) in [6.45, 7) is 4.48. The van der Waals surface area contributed by atoms with Gasteiger partial charge in [-0.3, -0.25) is 0 Å². The van der Waals surface area contributed by atoms with E-state index in [0.29, 0.717) is 43.4 Å². The Kier molecular flexibility index (Phi) is 6.26. The van der Waals surface area contributed by atoms with Crippen LogP contribution in [0.2, 0.25) is 0 Å². The third-order valence-corrected chi connectivity index (χ3v) is 4.81. The summed E-state index contributed by atoms with van der Waals surface area (Å²) >= 11 is 0. The molecule has 1 saturated heterocycles. The van der Waals surface area contributed by atoms with E-state index in [2.05, 4.69) is 20.2 Å². The molecular weight excluding hydrogens is 372 g/mol. The number of hydrogen-bond acceptors (Lipinski definition) is 7. The van der Waals surface area contributed by atoms with E-state index >= 15 is 0 Å². The molecule has 0 unspecified atom stereocenters. The van der Waals surface area contributed by atoms with Crippen LogP contribution < -0.4 is 24.6 Å². The number of hydrogen-bond donors (Lipinski definition) is 1. The standard InChI is InChI=1S/C20H28N6O3/c1-14-21-18(24(2)3)13-19(22-14)25-8-10-26(11-9-25)20(27)23-16-12-15(28-4)6-7-17(16)29-5/h6-7,12-13H,8-11H2,1-5H3,(H,23,27). The largest absolute Gasteiger partial charge is 0.497 e. The molecule has 1 fully saturated rings. The van der Waals surface area contributed by atoms with Gasteiger partial charge in [-0.15, -0.1) is 0 Å². The Morgan fingerprint density at radius 3 is 2.41 bits per heavy atom. The molecular formula is C20H28N6O3. The minimum atomic E-state index is -0.163. The highest BCUT2D eigenvalue weighted by Crippen LogP contribution is 2.29. The molecule has 1 aromatic carbocycles. The maximum atomic E-state index is 12.7. The Morgan fingerprint density at radius 1 is 1.07 bits per heavy atom.